The van der Waals surface area contributed by atoms with E-state index in [1.165, 1.54) is 9.80 Å². The van der Waals surface area contributed by atoms with Gasteiger partial charge in [-0.1, -0.05) is 0 Å². The lowest BCUT2D eigenvalue weighted by atomic mass is 10.2. The third kappa shape index (κ3) is 4.11. The van der Waals surface area contributed by atoms with Crippen LogP contribution < -0.4 is 0 Å². The third-order valence-electron chi connectivity index (χ3n) is 3.31. The number of amides is 2. The Kier molecular flexibility index (Phi) is 6.27. The summed E-state index contributed by atoms with van der Waals surface area (Å²) in [4.78, 5) is 37.7. The summed E-state index contributed by atoms with van der Waals surface area (Å²) >= 11 is 0. The Bertz CT molecular complexity index is 372. The molecule has 0 saturated carbocycles. The number of esters is 1. The van der Waals surface area contributed by atoms with Crippen LogP contribution in [0.1, 0.15) is 33.1 Å². The molecule has 1 aliphatic rings. The SMILES string of the molecule is CCOC(=O)C1CCCN1C(=O)N(CC)CCC(=O)O. The first-order valence-corrected chi connectivity index (χ1v) is 6.95. The number of aliphatic carboxylic acids is 1. The number of carboxylic acids is 1. The summed E-state index contributed by atoms with van der Waals surface area (Å²) in [5.41, 5.74) is 0. The Morgan fingerprint density at radius 1 is 1.35 bits per heavy atom. The predicted molar refractivity (Wildman–Crippen MR) is 71.3 cm³/mol. The van der Waals surface area contributed by atoms with E-state index in [1.807, 2.05) is 0 Å². The van der Waals surface area contributed by atoms with Crippen molar-refractivity contribution < 1.29 is 24.2 Å². The fourth-order valence-corrected chi connectivity index (χ4v) is 2.28. The predicted octanol–water partition coefficient (Wildman–Crippen LogP) is 0.930. The van der Waals surface area contributed by atoms with Gasteiger partial charge in [0.1, 0.15) is 6.04 Å². The molecule has 0 aromatic rings. The number of rotatable bonds is 6. The lowest BCUT2D eigenvalue weighted by Gasteiger charge is -2.29. The molecule has 0 bridgehead atoms. The first kappa shape index (κ1) is 16.3. The molecule has 0 radical (unpaired) electrons. The van der Waals surface area contributed by atoms with Crippen LogP contribution in [-0.4, -0.2) is 65.2 Å². The summed E-state index contributed by atoms with van der Waals surface area (Å²) in [6.45, 7) is 4.87. The number of urea groups is 1. The average Bonchev–Trinajstić information content (AvgIpc) is 2.88. The molecule has 114 valence electrons. The van der Waals surface area contributed by atoms with Crippen LogP contribution in [0.4, 0.5) is 4.79 Å². The van der Waals surface area contributed by atoms with Crippen LogP contribution in [0.25, 0.3) is 0 Å². The maximum atomic E-state index is 12.4. The lowest BCUT2D eigenvalue weighted by molar-refractivity contribution is -0.147. The van der Waals surface area contributed by atoms with Crippen LogP contribution in [0, 0.1) is 0 Å². The van der Waals surface area contributed by atoms with Crippen LogP contribution in [0.2, 0.25) is 0 Å². The summed E-state index contributed by atoms with van der Waals surface area (Å²) in [5.74, 6) is -1.33. The van der Waals surface area contributed by atoms with Gasteiger partial charge in [-0.15, -0.1) is 0 Å². The standard InChI is InChI=1S/C13H22N2O5/c1-3-14(9-7-11(16)17)13(19)15-8-5-6-10(15)12(18)20-4-2/h10H,3-9H2,1-2H3,(H,16,17). The molecule has 1 heterocycles. The Hall–Kier alpha value is -1.79. The fourth-order valence-electron chi connectivity index (χ4n) is 2.28. The Balaban J connectivity index is 2.67. The highest BCUT2D eigenvalue weighted by Gasteiger charge is 2.36. The monoisotopic (exact) mass is 286 g/mol. The van der Waals surface area contributed by atoms with Gasteiger partial charge in [-0.05, 0) is 26.7 Å². The molecule has 1 aliphatic heterocycles. The first-order valence-electron chi connectivity index (χ1n) is 6.95. The van der Waals surface area contributed by atoms with Gasteiger partial charge >= 0.3 is 18.0 Å². The zero-order chi connectivity index (χ0) is 15.1. The van der Waals surface area contributed by atoms with Gasteiger partial charge in [-0.25, -0.2) is 9.59 Å². The minimum atomic E-state index is -0.945. The van der Waals surface area contributed by atoms with Crippen LogP contribution in [-0.2, 0) is 14.3 Å². The second-order valence-electron chi connectivity index (χ2n) is 4.61. The van der Waals surface area contributed by atoms with Crippen LogP contribution in [0.15, 0.2) is 0 Å². The van der Waals surface area contributed by atoms with Crippen molar-refractivity contribution in [2.75, 3.05) is 26.2 Å². The smallest absolute Gasteiger partial charge is 0.328 e. The van der Waals surface area contributed by atoms with E-state index in [0.29, 0.717) is 19.5 Å². The van der Waals surface area contributed by atoms with E-state index in [-0.39, 0.29) is 31.6 Å². The van der Waals surface area contributed by atoms with Gasteiger partial charge in [0.2, 0.25) is 0 Å². The van der Waals surface area contributed by atoms with E-state index in [0.717, 1.165) is 6.42 Å². The molecule has 1 fully saturated rings. The molecule has 1 saturated heterocycles. The van der Waals surface area contributed by atoms with E-state index in [4.69, 9.17) is 9.84 Å². The van der Waals surface area contributed by atoms with E-state index in [1.54, 1.807) is 13.8 Å². The van der Waals surface area contributed by atoms with E-state index < -0.39 is 12.0 Å². The average molecular weight is 286 g/mol. The van der Waals surface area contributed by atoms with Crippen molar-refractivity contribution in [3.63, 3.8) is 0 Å². The third-order valence-corrected chi connectivity index (χ3v) is 3.31. The van der Waals surface area contributed by atoms with Gasteiger partial charge in [-0.3, -0.25) is 4.79 Å². The molecule has 0 aromatic heterocycles. The molecule has 7 heteroatoms. The highest BCUT2D eigenvalue weighted by atomic mass is 16.5. The van der Waals surface area contributed by atoms with Crippen LogP contribution in [0.5, 0.6) is 0 Å². The summed E-state index contributed by atoms with van der Waals surface area (Å²) in [6.07, 6.45) is 1.25. The van der Waals surface area contributed by atoms with Gasteiger partial charge in [0.15, 0.2) is 0 Å². The summed E-state index contributed by atoms with van der Waals surface area (Å²) < 4.78 is 4.97. The van der Waals surface area contributed by atoms with Crippen molar-refractivity contribution in [3.8, 4) is 0 Å². The van der Waals surface area contributed by atoms with Gasteiger partial charge in [0.25, 0.3) is 0 Å². The number of ether oxygens (including phenoxy) is 1. The molecule has 7 nitrogen and oxygen atoms in total. The number of carboxylic acid groups (broad SMARTS) is 1. The molecular weight excluding hydrogens is 264 g/mol. The van der Waals surface area contributed by atoms with Crippen molar-refractivity contribution >= 4 is 18.0 Å². The molecule has 1 unspecified atom stereocenters. The number of nitrogens with zero attached hydrogens (tertiary/aromatic N) is 2. The number of hydrogen-bond acceptors (Lipinski definition) is 4. The van der Waals surface area contributed by atoms with Crippen molar-refractivity contribution in [2.45, 2.75) is 39.2 Å². The highest BCUT2D eigenvalue weighted by Crippen LogP contribution is 2.20. The molecule has 1 atom stereocenters. The largest absolute Gasteiger partial charge is 0.481 e. The van der Waals surface area contributed by atoms with E-state index in [9.17, 15) is 14.4 Å². The minimum Gasteiger partial charge on any atom is -0.481 e. The number of hydrogen-bond donors (Lipinski definition) is 1. The number of carbonyl (C=O) groups excluding carboxylic acids is 2. The van der Waals surface area contributed by atoms with Crippen molar-refractivity contribution in [2.24, 2.45) is 0 Å². The zero-order valence-electron chi connectivity index (χ0n) is 12.0. The van der Waals surface area contributed by atoms with Crippen LogP contribution in [0.3, 0.4) is 0 Å². The van der Waals surface area contributed by atoms with Gasteiger partial charge in [-0.2, -0.15) is 0 Å². The Labute approximate surface area is 118 Å². The molecule has 20 heavy (non-hydrogen) atoms. The fraction of sp³-hybridized carbons (Fsp3) is 0.769. The zero-order valence-corrected chi connectivity index (χ0v) is 12.0. The molecule has 0 spiro atoms. The maximum absolute atomic E-state index is 12.4. The van der Waals surface area contributed by atoms with Crippen molar-refractivity contribution in [1.29, 1.82) is 0 Å². The van der Waals surface area contributed by atoms with Crippen molar-refractivity contribution in [3.05, 3.63) is 0 Å². The number of likely N-dealkylation sites (tertiary alicyclic amines) is 1. The van der Waals surface area contributed by atoms with Gasteiger partial charge in [0, 0.05) is 19.6 Å². The molecular formula is C13H22N2O5. The van der Waals surface area contributed by atoms with Crippen LogP contribution >= 0.6 is 0 Å². The van der Waals surface area contributed by atoms with E-state index in [2.05, 4.69) is 0 Å². The molecule has 1 N–H and O–H groups in total. The summed E-state index contributed by atoms with van der Waals surface area (Å²) in [5, 5.41) is 8.69. The minimum absolute atomic E-state index is 0.0997. The lowest BCUT2D eigenvalue weighted by Crippen LogP contribution is -2.48. The normalized spacial score (nSPS) is 17.9. The van der Waals surface area contributed by atoms with E-state index >= 15 is 0 Å². The highest BCUT2D eigenvalue weighted by molar-refractivity contribution is 5.84. The molecule has 0 aromatic carbocycles. The number of carbonyl (C=O) groups is 3. The topological polar surface area (TPSA) is 87.2 Å². The quantitative estimate of drug-likeness (QED) is 0.734. The molecule has 2 amide bonds. The van der Waals surface area contributed by atoms with Gasteiger partial charge < -0.3 is 19.6 Å². The molecule has 0 aliphatic carbocycles. The maximum Gasteiger partial charge on any atom is 0.328 e. The Morgan fingerprint density at radius 2 is 2.05 bits per heavy atom. The summed E-state index contributed by atoms with van der Waals surface area (Å²) in [7, 11) is 0. The first-order chi connectivity index (χ1) is 9.51. The Morgan fingerprint density at radius 3 is 2.60 bits per heavy atom. The second-order valence-corrected chi connectivity index (χ2v) is 4.61. The van der Waals surface area contributed by atoms with Gasteiger partial charge in [0.05, 0.1) is 13.0 Å². The van der Waals surface area contributed by atoms with Crippen molar-refractivity contribution in [1.82, 2.24) is 9.80 Å². The second kappa shape index (κ2) is 7.72. The molecule has 1 rings (SSSR count). The summed E-state index contributed by atoms with van der Waals surface area (Å²) in [6, 6.07) is -0.828.